The van der Waals surface area contributed by atoms with Crippen LogP contribution in [-0.4, -0.2) is 42.9 Å². The van der Waals surface area contributed by atoms with Crippen molar-refractivity contribution in [3.8, 4) is 0 Å². The molecule has 3 heterocycles. The van der Waals surface area contributed by atoms with E-state index < -0.39 is 0 Å². The molecule has 1 aliphatic rings. The van der Waals surface area contributed by atoms with Gasteiger partial charge >= 0.3 is 0 Å². The summed E-state index contributed by atoms with van der Waals surface area (Å²) in [6.45, 7) is 6.97. The van der Waals surface area contributed by atoms with Gasteiger partial charge in [0.15, 0.2) is 5.82 Å². The minimum absolute atomic E-state index is 0.273. The molecule has 20 heavy (non-hydrogen) atoms. The van der Waals surface area contributed by atoms with Gasteiger partial charge in [0.1, 0.15) is 12.7 Å². The summed E-state index contributed by atoms with van der Waals surface area (Å²) in [5, 5.41) is 8.28. The molecule has 0 aliphatic carbocycles. The van der Waals surface area contributed by atoms with Gasteiger partial charge in [-0.2, -0.15) is 10.1 Å². The standard InChI is InChI=1S/C13H20N6O/c1-10(2)13-16-12(17-20-13)11-4-3-5-18(11)6-7-19-9-14-8-15-19/h8-11H,3-7H2,1-2H3. The number of nitrogens with zero attached hydrogens (tertiary/aromatic N) is 6. The summed E-state index contributed by atoms with van der Waals surface area (Å²) in [5.74, 6) is 1.83. The molecule has 7 nitrogen and oxygen atoms in total. The maximum absolute atomic E-state index is 5.32. The van der Waals surface area contributed by atoms with Gasteiger partial charge in [0, 0.05) is 12.5 Å². The van der Waals surface area contributed by atoms with Crippen molar-refractivity contribution in [2.75, 3.05) is 13.1 Å². The number of rotatable bonds is 5. The fourth-order valence-electron chi connectivity index (χ4n) is 2.58. The highest BCUT2D eigenvalue weighted by atomic mass is 16.5. The summed E-state index contributed by atoms with van der Waals surface area (Å²) in [6.07, 6.45) is 5.58. The van der Waals surface area contributed by atoms with Crippen LogP contribution >= 0.6 is 0 Å². The zero-order chi connectivity index (χ0) is 13.9. The molecule has 0 bridgehead atoms. The molecule has 2 aromatic heterocycles. The SMILES string of the molecule is CC(C)c1nc(C2CCCN2CCn2cncn2)no1. The van der Waals surface area contributed by atoms with Gasteiger partial charge in [0.05, 0.1) is 12.6 Å². The average molecular weight is 276 g/mol. The van der Waals surface area contributed by atoms with Crippen LogP contribution in [0.3, 0.4) is 0 Å². The van der Waals surface area contributed by atoms with Gasteiger partial charge in [-0.3, -0.25) is 9.58 Å². The Morgan fingerprint density at radius 2 is 2.30 bits per heavy atom. The maximum Gasteiger partial charge on any atom is 0.229 e. The molecule has 108 valence electrons. The Kier molecular flexibility index (Phi) is 3.77. The molecular weight excluding hydrogens is 256 g/mol. The summed E-state index contributed by atoms with van der Waals surface area (Å²) in [5.41, 5.74) is 0. The molecule has 1 atom stereocenters. The lowest BCUT2D eigenvalue weighted by Gasteiger charge is -2.21. The monoisotopic (exact) mass is 276 g/mol. The third-order valence-corrected chi connectivity index (χ3v) is 3.70. The lowest BCUT2D eigenvalue weighted by molar-refractivity contribution is 0.229. The van der Waals surface area contributed by atoms with Crippen LogP contribution in [0, 0.1) is 0 Å². The molecule has 0 radical (unpaired) electrons. The van der Waals surface area contributed by atoms with E-state index in [9.17, 15) is 0 Å². The molecule has 3 rings (SSSR count). The Morgan fingerprint density at radius 3 is 3.00 bits per heavy atom. The summed E-state index contributed by atoms with van der Waals surface area (Å²) in [6, 6.07) is 0.273. The quantitative estimate of drug-likeness (QED) is 0.826. The molecule has 7 heteroatoms. The van der Waals surface area contributed by atoms with Crippen LogP contribution in [0.2, 0.25) is 0 Å². The van der Waals surface area contributed by atoms with E-state index in [1.54, 1.807) is 12.7 Å². The van der Waals surface area contributed by atoms with Gasteiger partial charge in [0.25, 0.3) is 0 Å². The molecule has 1 unspecified atom stereocenters. The van der Waals surface area contributed by atoms with Crippen LogP contribution in [0.5, 0.6) is 0 Å². The lowest BCUT2D eigenvalue weighted by atomic mass is 10.2. The first kappa shape index (κ1) is 13.2. The van der Waals surface area contributed by atoms with Crippen molar-refractivity contribution >= 4 is 0 Å². The average Bonchev–Trinajstić information content (AvgIpc) is 3.17. The van der Waals surface area contributed by atoms with Crippen molar-refractivity contribution in [3.63, 3.8) is 0 Å². The van der Waals surface area contributed by atoms with E-state index in [1.165, 1.54) is 6.42 Å². The first-order valence-corrected chi connectivity index (χ1v) is 7.14. The van der Waals surface area contributed by atoms with Crippen LogP contribution in [-0.2, 0) is 6.54 Å². The van der Waals surface area contributed by atoms with Gasteiger partial charge in [-0.1, -0.05) is 19.0 Å². The second kappa shape index (κ2) is 5.70. The van der Waals surface area contributed by atoms with E-state index in [2.05, 4.69) is 39.0 Å². The lowest BCUT2D eigenvalue weighted by Crippen LogP contribution is -2.28. The predicted molar refractivity (Wildman–Crippen MR) is 72.0 cm³/mol. The largest absolute Gasteiger partial charge is 0.339 e. The zero-order valence-electron chi connectivity index (χ0n) is 11.9. The third-order valence-electron chi connectivity index (χ3n) is 3.70. The number of likely N-dealkylation sites (tertiary alicyclic amines) is 1. The molecule has 0 amide bonds. The fraction of sp³-hybridized carbons (Fsp3) is 0.692. The second-order valence-corrected chi connectivity index (χ2v) is 5.50. The first-order chi connectivity index (χ1) is 9.74. The zero-order valence-corrected chi connectivity index (χ0v) is 11.9. The predicted octanol–water partition coefficient (Wildman–Crippen LogP) is 1.62. The van der Waals surface area contributed by atoms with Gasteiger partial charge < -0.3 is 4.52 Å². The minimum atomic E-state index is 0.273. The third kappa shape index (κ3) is 2.72. The van der Waals surface area contributed by atoms with E-state index in [0.29, 0.717) is 0 Å². The summed E-state index contributed by atoms with van der Waals surface area (Å²) in [4.78, 5) is 10.9. The molecule has 0 spiro atoms. The van der Waals surface area contributed by atoms with Crippen molar-refractivity contribution in [1.29, 1.82) is 0 Å². The van der Waals surface area contributed by atoms with Crippen molar-refractivity contribution in [2.24, 2.45) is 0 Å². The molecular formula is C13H20N6O. The Balaban J connectivity index is 1.65. The molecule has 1 saturated heterocycles. The van der Waals surface area contributed by atoms with Crippen molar-refractivity contribution < 1.29 is 4.52 Å². The van der Waals surface area contributed by atoms with Gasteiger partial charge in [-0.25, -0.2) is 4.98 Å². The molecule has 1 fully saturated rings. The summed E-state index contributed by atoms with van der Waals surface area (Å²) >= 11 is 0. The molecule has 0 N–H and O–H groups in total. The van der Waals surface area contributed by atoms with E-state index in [0.717, 1.165) is 37.8 Å². The highest BCUT2D eigenvalue weighted by Gasteiger charge is 2.30. The van der Waals surface area contributed by atoms with Gasteiger partial charge in [-0.05, 0) is 19.4 Å². The van der Waals surface area contributed by atoms with Gasteiger partial charge in [0.2, 0.25) is 5.89 Å². The van der Waals surface area contributed by atoms with Crippen LogP contribution < -0.4 is 0 Å². The van der Waals surface area contributed by atoms with E-state index in [-0.39, 0.29) is 12.0 Å². The maximum atomic E-state index is 5.32. The minimum Gasteiger partial charge on any atom is -0.339 e. The van der Waals surface area contributed by atoms with Crippen LogP contribution in [0.15, 0.2) is 17.2 Å². The number of aromatic nitrogens is 5. The smallest absolute Gasteiger partial charge is 0.229 e. The fourth-order valence-corrected chi connectivity index (χ4v) is 2.58. The molecule has 0 saturated carbocycles. The number of hydrogen-bond donors (Lipinski definition) is 0. The van der Waals surface area contributed by atoms with Crippen molar-refractivity contribution in [2.45, 2.75) is 45.2 Å². The first-order valence-electron chi connectivity index (χ1n) is 7.14. The van der Waals surface area contributed by atoms with Gasteiger partial charge in [-0.15, -0.1) is 0 Å². The van der Waals surface area contributed by atoms with E-state index >= 15 is 0 Å². The number of hydrogen-bond acceptors (Lipinski definition) is 6. The Morgan fingerprint density at radius 1 is 1.40 bits per heavy atom. The normalized spacial score (nSPS) is 20.1. The molecule has 2 aromatic rings. The van der Waals surface area contributed by atoms with Crippen LogP contribution in [0.25, 0.3) is 0 Å². The summed E-state index contributed by atoms with van der Waals surface area (Å²) in [7, 11) is 0. The van der Waals surface area contributed by atoms with E-state index in [4.69, 9.17) is 4.52 Å². The van der Waals surface area contributed by atoms with Crippen LogP contribution in [0.4, 0.5) is 0 Å². The van der Waals surface area contributed by atoms with Crippen LogP contribution in [0.1, 0.15) is 50.4 Å². The van der Waals surface area contributed by atoms with Crippen molar-refractivity contribution in [3.05, 3.63) is 24.4 Å². The highest BCUT2D eigenvalue weighted by Crippen LogP contribution is 2.30. The summed E-state index contributed by atoms with van der Waals surface area (Å²) < 4.78 is 7.17. The second-order valence-electron chi connectivity index (χ2n) is 5.50. The van der Waals surface area contributed by atoms with E-state index in [1.807, 2.05) is 4.68 Å². The Labute approximate surface area is 118 Å². The van der Waals surface area contributed by atoms with Crippen molar-refractivity contribution in [1.82, 2.24) is 29.8 Å². The molecule has 1 aliphatic heterocycles. The molecule has 0 aromatic carbocycles. The Hall–Kier alpha value is -1.76. The topological polar surface area (TPSA) is 72.9 Å². The highest BCUT2D eigenvalue weighted by molar-refractivity contribution is 4.99. The Bertz CT molecular complexity index is 535.